The minimum Gasteiger partial charge on any atom is -0.301 e. The van der Waals surface area contributed by atoms with Gasteiger partial charge < -0.3 is 9.97 Å². The zero-order chi connectivity index (χ0) is 17.3. The Bertz CT molecular complexity index is 929. The van der Waals surface area contributed by atoms with E-state index in [2.05, 4.69) is 72.8 Å². The summed E-state index contributed by atoms with van der Waals surface area (Å²) in [4.78, 5) is 9.70. The first-order chi connectivity index (χ1) is 12.8. The maximum atomic E-state index is 4.85. The van der Waals surface area contributed by atoms with Crippen LogP contribution in [0.2, 0.25) is 0 Å². The molecule has 132 valence electrons. The minimum atomic E-state index is 0. The summed E-state index contributed by atoms with van der Waals surface area (Å²) in [6, 6.07) is 31.9. The van der Waals surface area contributed by atoms with E-state index in [1.54, 1.807) is 0 Å². The van der Waals surface area contributed by atoms with E-state index in [1.165, 1.54) is 0 Å². The maximum Gasteiger partial charge on any atom is 2.00 e. The molecule has 0 fully saturated rings. The summed E-state index contributed by atoms with van der Waals surface area (Å²) >= 11 is 0. The van der Waals surface area contributed by atoms with Crippen molar-refractivity contribution in [2.24, 2.45) is 0 Å². The normalized spacial score (nSPS) is 11.9. The second kappa shape index (κ2) is 7.58. The fourth-order valence-electron chi connectivity index (χ4n) is 3.39. The van der Waals surface area contributed by atoms with Crippen molar-refractivity contribution in [3.63, 3.8) is 0 Å². The van der Waals surface area contributed by atoms with Gasteiger partial charge in [0.15, 0.2) is 0 Å². The molecule has 0 saturated heterocycles. The first kappa shape index (κ1) is 17.8. The van der Waals surface area contributed by atoms with Gasteiger partial charge >= 0.3 is 21.1 Å². The molecule has 0 amide bonds. The summed E-state index contributed by atoms with van der Waals surface area (Å²) in [6.07, 6.45) is 1.50. The number of aromatic nitrogens is 2. The standard InChI is InChI=1S/C24H16N2.Pt/c1-5-17-13-19(7-1)23-11-3-10-22(25-23)16-18-6-2-8-20(14-18)24-12-4-9-21(15-17)26-24;/h1-12H,15-16H2;/q-2;+2. The van der Waals surface area contributed by atoms with E-state index < -0.39 is 0 Å². The van der Waals surface area contributed by atoms with Gasteiger partial charge in [-0.3, -0.25) is 0 Å². The Balaban J connectivity index is 0.00000180. The number of hydrogen-bond donors (Lipinski definition) is 0. The van der Waals surface area contributed by atoms with Crippen LogP contribution in [0.15, 0.2) is 72.8 Å². The van der Waals surface area contributed by atoms with E-state index in [0.717, 1.165) is 57.9 Å². The monoisotopic (exact) mass is 527 g/mol. The SMILES string of the molecule is [Pt+2].[c-]1c2cccc1-c1cccc(n1)Cc1[c-]c(ccc1)-c1cccc(n1)C2. The molecule has 2 aromatic carbocycles. The summed E-state index contributed by atoms with van der Waals surface area (Å²) in [6.45, 7) is 0. The molecule has 8 bridgehead atoms. The number of benzene rings is 2. The van der Waals surface area contributed by atoms with Gasteiger partial charge in [-0.15, -0.1) is 70.8 Å². The van der Waals surface area contributed by atoms with Gasteiger partial charge in [0.1, 0.15) is 0 Å². The molecule has 3 heterocycles. The number of hydrogen-bond acceptors (Lipinski definition) is 2. The van der Waals surface area contributed by atoms with Crippen LogP contribution in [0.1, 0.15) is 22.5 Å². The van der Waals surface area contributed by atoms with Crippen molar-refractivity contribution in [1.29, 1.82) is 0 Å². The molecule has 0 spiro atoms. The first-order valence-corrected chi connectivity index (χ1v) is 8.78. The third-order valence-electron chi connectivity index (χ3n) is 4.62. The third-order valence-corrected chi connectivity index (χ3v) is 4.62. The van der Waals surface area contributed by atoms with Crippen LogP contribution < -0.4 is 0 Å². The van der Waals surface area contributed by atoms with Crippen molar-refractivity contribution in [3.05, 3.63) is 107 Å². The van der Waals surface area contributed by atoms with Crippen molar-refractivity contribution in [3.8, 4) is 22.5 Å². The Morgan fingerprint density at radius 3 is 1.48 bits per heavy atom. The largest absolute Gasteiger partial charge is 2.00 e. The predicted molar refractivity (Wildman–Crippen MR) is 103 cm³/mol. The van der Waals surface area contributed by atoms with E-state index in [4.69, 9.17) is 9.97 Å². The molecule has 2 aromatic heterocycles. The van der Waals surface area contributed by atoms with Crippen molar-refractivity contribution in [1.82, 2.24) is 9.97 Å². The van der Waals surface area contributed by atoms with E-state index >= 15 is 0 Å². The fraction of sp³-hybridized carbons (Fsp3) is 0.0833. The Hall–Kier alpha value is -2.57. The van der Waals surface area contributed by atoms with E-state index in [1.807, 2.05) is 12.1 Å². The van der Waals surface area contributed by atoms with Crippen LogP contribution in [0, 0.1) is 12.1 Å². The van der Waals surface area contributed by atoms with Crippen molar-refractivity contribution < 1.29 is 21.1 Å². The topological polar surface area (TPSA) is 25.8 Å². The van der Waals surface area contributed by atoms with Crippen LogP contribution in [0.5, 0.6) is 0 Å². The predicted octanol–water partition coefficient (Wildman–Crippen LogP) is 4.90. The van der Waals surface area contributed by atoms with Crippen molar-refractivity contribution in [2.75, 3.05) is 0 Å². The molecule has 0 saturated carbocycles. The van der Waals surface area contributed by atoms with Gasteiger partial charge in [-0.1, -0.05) is 24.3 Å². The summed E-state index contributed by atoms with van der Waals surface area (Å²) in [5, 5.41) is 0. The van der Waals surface area contributed by atoms with Gasteiger partial charge in [0.25, 0.3) is 0 Å². The quantitative estimate of drug-likeness (QED) is 0.268. The Morgan fingerprint density at radius 1 is 0.556 bits per heavy atom. The summed E-state index contributed by atoms with van der Waals surface area (Å²) < 4.78 is 0. The van der Waals surface area contributed by atoms with Gasteiger partial charge in [-0.05, 0) is 36.4 Å². The molecule has 1 aliphatic rings. The molecule has 0 atom stereocenters. The average molecular weight is 527 g/mol. The van der Waals surface area contributed by atoms with Crippen LogP contribution in [0.25, 0.3) is 22.5 Å². The van der Waals surface area contributed by atoms with Crippen LogP contribution in [-0.4, -0.2) is 9.97 Å². The third kappa shape index (κ3) is 3.77. The zero-order valence-corrected chi connectivity index (χ0v) is 16.8. The molecule has 1 aliphatic heterocycles. The zero-order valence-electron chi connectivity index (χ0n) is 14.6. The van der Waals surface area contributed by atoms with Crippen LogP contribution in [-0.2, 0) is 33.9 Å². The van der Waals surface area contributed by atoms with Crippen molar-refractivity contribution in [2.45, 2.75) is 12.8 Å². The second-order valence-corrected chi connectivity index (χ2v) is 6.56. The molecule has 27 heavy (non-hydrogen) atoms. The maximum absolute atomic E-state index is 4.85. The first-order valence-electron chi connectivity index (χ1n) is 8.78. The van der Waals surface area contributed by atoms with Gasteiger partial charge in [0.2, 0.25) is 0 Å². The molecular weight excluding hydrogens is 511 g/mol. The van der Waals surface area contributed by atoms with E-state index in [-0.39, 0.29) is 21.1 Å². The number of fused-ring (bicyclic) bond motifs is 10. The second-order valence-electron chi connectivity index (χ2n) is 6.56. The van der Waals surface area contributed by atoms with E-state index in [9.17, 15) is 0 Å². The molecule has 2 nitrogen and oxygen atoms in total. The molecule has 0 N–H and O–H groups in total. The van der Waals surface area contributed by atoms with Gasteiger partial charge in [0, 0.05) is 11.4 Å². The van der Waals surface area contributed by atoms with Crippen LogP contribution in [0.4, 0.5) is 0 Å². The van der Waals surface area contributed by atoms with Gasteiger partial charge in [-0.25, -0.2) is 0 Å². The fourth-order valence-corrected chi connectivity index (χ4v) is 3.39. The van der Waals surface area contributed by atoms with Crippen LogP contribution >= 0.6 is 0 Å². The summed E-state index contributed by atoms with van der Waals surface area (Å²) in [7, 11) is 0. The molecule has 3 heteroatoms. The Morgan fingerprint density at radius 2 is 1.00 bits per heavy atom. The molecule has 0 aliphatic carbocycles. The van der Waals surface area contributed by atoms with Gasteiger partial charge in [0.05, 0.1) is 0 Å². The van der Waals surface area contributed by atoms with Crippen LogP contribution in [0.3, 0.4) is 0 Å². The molecule has 0 unspecified atom stereocenters. The Kier molecular flexibility index (Phi) is 5.00. The number of nitrogens with zero attached hydrogens (tertiary/aromatic N) is 2. The van der Waals surface area contributed by atoms with E-state index in [0.29, 0.717) is 0 Å². The molecule has 5 rings (SSSR count). The van der Waals surface area contributed by atoms with Crippen molar-refractivity contribution >= 4 is 0 Å². The molecular formula is C24H16N2Pt. The summed E-state index contributed by atoms with van der Waals surface area (Å²) in [5.74, 6) is 0. The van der Waals surface area contributed by atoms with Gasteiger partial charge in [-0.2, -0.15) is 0 Å². The number of pyridine rings is 2. The number of rotatable bonds is 0. The Labute approximate surface area is 173 Å². The minimum absolute atomic E-state index is 0. The molecule has 0 radical (unpaired) electrons. The summed E-state index contributed by atoms with van der Waals surface area (Å²) in [5.41, 5.74) is 8.27. The smallest absolute Gasteiger partial charge is 0.301 e. The molecule has 4 aromatic rings. The average Bonchev–Trinajstić information content (AvgIpc) is 2.68.